The van der Waals surface area contributed by atoms with Crippen LogP contribution >= 0.6 is 0 Å². The Kier molecular flexibility index (Phi) is 6.72. The zero-order valence-corrected chi connectivity index (χ0v) is 13.5. The van der Waals surface area contributed by atoms with Crippen LogP contribution in [0, 0.1) is 0 Å². The zero-order valence-electron chi connectivity index (χ0n) is 13.5. The number of hydrogen-bond donors (Lipinski definition) is 2. The highest BCUT2D eigenvalue weighted by atomic mass is 16.7. The van der Waals surface area contributed by atoms with E-state index in [4.69, 9.17) is 9.47 Å². The lowest BCUT2D eigenvalue weighted by atomic mass is 10.1. The quantitative estimate of drug-likeness (QED) is 0.568. The number of ether oxygens (including phenoxy) is 2. The van der Waals surface area contributed by atoms with Crippen molar-refractivity contribution in [2.75, 3.05) is 13.3 Å². The molecule has 0 saturated heterocycles. The summed E-state index contributed by atoms with van der Waals surface area (Å²) < 4.78 is 10.5. The molecule has 2 rings (SSSR count). The van der Waals surface area contributed by atoms with Gasteiger partial charge in [0.15, 0.2) is 11.5 Å². The molecule has 1 heterocycles. The van der Waals surface area contributed by atoms with Gasteiger partial charge in [0.25, 0.3) is 0 Å². The summed E-state index contributed by atoms with van der Waals surface area (Å²) in [5.41, 5.74) is 0.856. The van der Waals surface area contributed by atoms with Crippen molar-refractivity contribution >= 4 is 11.8 Å². The van der Waals surface area contributed by atoms with E-state index in [9.17, 15) is 9.59 Å². The van der Waals surface area contributed by atoms with E-state index in [-0.39, 0.29) is 13.3 Å². The summed E-state index contributed by atoms with van der Waals surface area (Å²) in [6.45, 7) is 3.19. The average molecular weight is 320 g/mol. The van der Waals surface area contributed by atoms with Crippen molar-refractivity contribution < 1.29 is 19.1 Å². The molecule has 23 heavy (non-hydrogen) atoms. The number of fused-ring (bicyclic) bond motifs is 1. The van der Waals surface area contributed by atoms with Gasteiger partial charge in [-0.25, -0.2) is 0 Å². The molecule has 0 fully saturated rings. The molecule has 0 atom stereocenters. The van der Waals surface area contributed by atoms with Gasteiger partial charge in [0.1, 0.15) is 0 Å². The molecule has 0 bridgehead atoms. The molecule has 0 saturated carbocycles. The molecule has 126 valence electrons. The van der Waals surface area contributed by atoms with E-state index >= 15 is 0 Å². The van der Waals surface area contributed by atoms with Gasteiger partial charge < -0.3 is 20.1 Å². The minimum atomic E-state index is -0.615. The van der Waals surface area contributed by atoms with Crippen LogP contribution in [0.15, 0.2) is 18.2 Å². The second-order valence-corrected chi connectivity index (χ2v) is 5.54. The van der Waals surface area contributed by atoms with Crippen LogP contribution in [0.2, 0.25) is 0 Å². The summed E-state index contributed by atoms with van der Waals surface area (Å²) in [4.78, 5) is 23.4. The first-order chi connectivity index (χ1) is 11.2. The number of carbonyl (C=O) groups is 2. The predicted molar refractivity (Wildman–Crippen MR) is 86.2 cm³/mol. The van der Waals surface area contributed by atoms with E-state index in [1.165, 1.54) is 19.3 Å². The Morgan fingerprint density at radius 3 is 2.57 bits per heavy atom. The molecule has 0 radical (unpaired) electrons. The molecular formula is C17H24N2O4. The fourth-order valence-electron chi connectivity index (χ4n) is 2.32. The van der Waals surface area contributed by atoms with Gasteiger partial charge in [-0.1, -0.05) is 38.7 Å². The van der Waals surface area contributed by atoms with E-state index in [0.29, 0.717) is 18.0 Å². The molecule has 1 aromatic carbocycles. The SMILES string of the molecule is CCCCCCCNC(=O)C(=O)NCc1ccc2c(c1)OCO2. The van der Waals surface area contributed by atoms with Gasteiger partial charge in [0.2, 0.25) is 6.79 Å². The van der Waals surface area contributed by atoms with E-state index in [1.807, 2.05) is 6.07 Å². The second-order valence-electron chi connectivity index (χ2n) is 5.54. The first-order valence-corrected chi connectivity index (χ1v) is 8.15. The Labute approximate surface area is 136 Å². The van der Waals surface area contributed by atoms with Crippen molar-refractivity contribution in [2.45, 2.75) is 45.6 Å². The van der Waals surface area contributed by atoms with E-state index < -0.39 is 11.8 Å². The molecule has 6 heteroatoms. The van der Waals surface area contributed by atoms with Crippen molar-refractivity contribution in [1.29, 1.82) is 0 Å². The fraction of sp³-hybridized carbons (Fsp3) is 0.529. The minimum Gasteiger partial charge on any atom is -0.454 e. The lowest BCUT2D eigenvalue weighted by molar-refractivity contribution is -0.139. The van der Waals surface area contributed by atoms with Crippen LogP contribution < -0.4 is 20.1 Å². The van der Waals surface area contributed by atoms with Crippen molar-refractivity contribution in [3.63, 3.8) is 0 Å². The van der Waals surface area contributed by atoms with Crippen molar-refractivity contribution in [3.8, 4) is 11.5 Å². The molecular weight excluding hydrogens is 296 g/mol. The van der Waals surface area contributed by atoms with Crippen LogP contribution in [-0.4, -0.2) is 25.2 Å². The van der Waals surface area contributed by atoms with Gasteiger partial charge in [-0.2, -0.15) is 0 Å². The van der Waals surface area contributed by atoms with Gasteiger partial charge >= 0.3 is 11.8 Å². The number of unbranched alkanes of at least 4 members (excludes halogenated alkanes) is 4. The average Bonchev–Trinajstić information content (AvgIpc) is 3.03. The molecule has 2 amide bonds. The zero-order chi connectivity index (χ0) is 16.5. The number of rotatable bonds is 8. The molecule has 2 N–H and O–H groups in total. The Hall–Kier alpha value is -2.24. The van der Waals surface area contributed by atoms with Gasteiger partial charge in [0, 0.05) is 13.1 Å². The third-order valence-electron chi connectivity index (χ3n) is 3.66. The topological polar surface area (TPSA) is 76.7 Å². The van der Waals surface area contributed by atoms with E-state index in [1.54, 1.807) is 12.1 Å². The lowest BCUT2D eigenvalue weighted by Crippen LogP contribution is -2.39. The fourth-order valence-corrected chi connectivity index (χ4v) is 2.32. The number of nitrogens with one attached hydrogen (secondary N) is 2. The molecule has 0 unspecified atom stereocenters. The van der Waals surface area contributed by atoms with Gasteiger partial charge in [-0.15, -0.1) is 0 Å². The van der Waals surface area contributed by atoms with E-state index in [0.717, 1.165) is 18.4 Å². The summed E-state index contributed by atoms with van der Waals surface area (Å²) in [5, 5.41) is 5.25. The smallest absolute Gasteiger partial charge is 0.309 e. The Morgan fingerprint density at radius 2 is 1.74 bits per heavy atom. The largest absolute Gasteiger partial charge is 0.454 e. The molecule has 0 aromatic heterocycles. The van der Waals surface area contributed by atoms with Crippen molar-refractivity contribution in [1.82, 2.24) is 10.6 Å². The Morgan fingerprint density at radius 1 is 1.00 bits per heavy atom. The Balaban J connectivity index is 1.65. The predicted octanol–water partition coefficient (Wildman–Crippen LogP) is 2.12. The van der Waals surface area contributed by atoms with Gasteiger partial charge in [-0.3, -0.25) is 9.59 Å². The number of carbonyl (C=O) groups excluding carboxylic acids is 2. The van der Waals surface area contributed by atoms with Crippen LogP contribution in [0.4, 0.5) is 0 Å². The minimum absolute atomic E-state index is 0.214. The van der Waals surface area contributed by atoms with Crippen LogP contribution in [-0.2, 0) is 16.1 Å². The maximum atomic E-state index is 11.7. The third kappa shape index (κ3) is 5.47. The molecule has 0 spiro atoms. The summed E-state index contributed by atoms with van der Waals surface area (Å²) in [7, 11) is 0. The molecule has 6 nitrogen and oxygen atoms in total. The van der Waals surface area contributed by atoms with Crippen LogP contribution in [0.3, 0.4) is 0 Å². The first kappa shape index (κ1) is 17.1. The second kappa shape index (κ2) is 9.02. The number of hydrogen-bond acceptors (Lipinski definition) is 4. The lowest BCUT2D eigenvalue weighted by Gasteiger charge is -2.07. The first-order valence-electron chi connectivity index (χ1n) is 8.15. The normalized spacial score (nSPS) is 12.0. The van der Waals surface area contributed by atoms with Gasteiger partial charge in [-0.05, 0) is 24.1 Å². The highest BCUT2D eigenvalue weighted by Crippen LogP contribution is 2.32. The van der Waals surface area contributed by atoms with Gasteiger partial charge in [0.05, 0.1) is 0 Å². The summed E-state index contributed by atoms with van der Waals surface area (Å²) in [6, 6.07) is 5.42. The monoisotopic (exact) mass is 320 g/mol. The van der Waals surface area contributed by atoms with Crippen LogP contribution in [0.25, 0.3) is 0 Å². The molecule has 1 aromatic rings. The van der Waals surface area contributed by atoms with Crippen molar-refractivity contribution in [3.05, 3.63) is 23.8 Å². The highest BCUT2D eigenvalue weighted by Gasteiger charge is 2.15. The maximum Gasteiger partial charge on any atom is 0.309 e. The highest BCUT2D eigenvalue weighted by molar-refractivity contribution is 6.35. The number of amides is 2. The summed E-state index contributed by atoms with van der Waals surface area (Å²) in [6.07, 6.45) is 5.55. The van der Waals surface area contributed by atoms with Crippen LogP contribution in [0.5, 0.6) is 11.5 Å². The van der Waals surface area contributed by atoms with E-state index in [2.05, 4.69) is 17.6 Å². The Bertz CT molecular complexity index is 545. The summed E-state index contributed by atoms with van der Waals surface area (Å²) >= 11 is 0. The molecule has 1 aliphatic rings. The summed E-state index contributed by atoms with van der Waals surface area (Å²) in [5.74, 6) is 0.159. The number of benzene rings is 1. The molecule has 1 aliphatic heterocycles. The third-order valence-corrected chi connectivity index (χ3v) is 3.66. The van der Waals surface area contributed by atoms with Crippen molar-refractivity contribution in [2.24, 2.45) is 0 Å². The van der Waals surface area contributed by atoms with Crippen LogP contribution in [0.1, 0.15) is 44.6 Å². The standard InChI is InChI=1S/C17H24N2O4/c1-2-3-4-5-6-9-18-16(20)17(21)19-11-13-7-8-14-15(10-13)23-12-22-14/h7-8,10H,2-6,9,11-12H2,1H3,(H,18,20)(H,19,21). The maximum absolute atomic E-state index is 11.7. The molecule has 0 aliphatic carbocycles.